The number of hydrogen-bond acceptors (Lipinski definition) is 8. The maximum Gasteiger partial charge on any atom is 0.226 e. The van der Waals surface area contributed by atoms with E-state index in [4.69, 9.17) is 9.51 Å². The summed E-state index contributed by atoms with van der Waals surface area (Å²) in [7, 11) is 0. The lowest BCUT2D eigenvalue weighted by atomic mass is 9.96. The van der Waals surface area contributed by atoms with Crippen LogP contribution in [0.5, 0.6) is 0 Å². The smallest absolute Gasteiger partial charge is 0.226 e. The molecule has 126 valence electrons. The number of rotatable bonds is 4. The third kappa shape index (κ3) is 3.87. The predicted octanol–water partition coefficient (Wildman–Crippen LogP) is 2.10. The van der Waals surface area contributed by atoms with Gasteiger partial charge in [-0.15, -0.1) is 0 Å². The third-order valence-corrected chi connectivity index (χ3v) is 4.68. The molecule has 0 aliphatic carbocycles. The Morgan fingerprint density at radius 2 is 1.87 bits per heavy atom. The van der Waals surface area contributed by atoms with Gasteiger partial charge in [-0.05, 0) is 0 Å². The van der Waals surface area contributed by atoms with E-state index in [9.17, 15) is 0 Å². The molecule has 1 aliphatic rings. The van der Waals surface area contributed by atoms with Crippen LogP contribution in [0.3, 0.4) is 0 Å². The zero-order valence-corrected chi connectivity index (χ0v) is 15.1. The van der Waals surface area contributed by atoms with Crippen LogP contribution in [0.2, 0.25) is 0 Å². The van der Waals surface area contributed by atoms with Crippen molar-refractivity contribution in [1.82, 2.24) is 24.4 Å². The highest BCUT2D eigenvalue weighted by molar-refractivity contribution is 7.09. The van der Waals surface area contributed by atoms with Gasteiger partial charge in [0, 0.05) is 49.5 Å². The van der Waals surface area contributed by atoms with Gasteiger partial charge in [-0.1, -0.05) is 32.9 Å². The molecule has 0 atom stereocenters. The van der Waals surface area contributed by atoms with E-state index in [1.165, 1.54) is 11.5 Å². The molecule has 1 fully saturated rings. The topological polar surface area (TPSA) is 71.2 Å². The minimum atomic E-state index is 0.00613. The predicted molar refractivity (Wildman–Crippen MR) is 89.8 cm³/mol. The number of aromatic nitrogens is 4. The first-order chi connectivity index (χ1) is 11.0. The minimum Gasteiger partial charge on any atom is -0.344 e. The zero-order chi connectivity index (χ0) is 16.4. The van der Waals surface area contributed by atoms with Crippen molar-refractivity contribution in [3.63, 3.8) is 0 Å². The van der Waals surface area contributed by atoms with Gasteiger partial charge in [-0.25, -0.2) is 4.98 Å². The van der Waals surface area contributed by atoms with E-state index in [1.807, 2.05) is 6.92 Å². The lowest BCUT2D eigenvalue weighted by Crippen LogP contribution is -2.46. The minimum absolute atomic E-state index is 0.00613. The van der Waals surface area contributed by atoms with Gasteiger partial charge in [0.25, 0.3) is 0 Å². The molecular weight excluding hydrogens is 312 g/mol. The summed E-state index contributed by atoms with van der Waals surface area (Å²) in [6, 6.07) is 0. The molecule has 0 radical (unpaired) electrons. The fourth-order valence-corrected chi connectivity index (χ4v) is 3.35. The van der Waals surface area contributed by atoms with Crippen LogP contribution in [0.4, 0.5) is 5.13 Å². The molecule has 0 aromatic carbocycles. The van der Waals surface area contributed by atoms with E-state index in [0.717, 1.165) is 55.9 Å². The molecule has 0 spiro atoms. The fourth-order valence-electron chi connectivity index (χ4n) is 2.44. The van der Waals surface area contributed by atoms with Crippen molar-refractivity contribution in [2.45, 2.75) is 46.1 Å². The first kappa shape index (κ1) is 16.3. The van der Waals surface area contributed by atoms with Crippen LogP contribution in [-0.4, -0.2) is 50.6 Å². The molecule has 0 saturated carbocycles. The van der Waals surface area contributed by atoms with Crippen molar-refractivity contribution in [3.8, 4) is 0 Å². The summed E-state index contributed by atoms with van der Waals surface area (Å²) in [5.41, 5.74) is 0.00613. The van der Waals surface area contributed by atoms with E-state index >= 15 is 0 Å². The average Bonchev–Trinajstić information content (AvgIpc) is 3.16. The summed E-state index contributed by atoms with van der Waals surface area (Å²) < 4.78 is 9.67. The Labute approximate surface area is 140 Å². The van der Waals surface area contributed by atoms with E-state index in [-0.39, 0.29) is 5.41 Å². The van der Waals surface area contributed by atoms with E-state index in [2.05, 4.69) is 45.1 Å². The zero-order valence-electron chi connectivity index (χ0n) is 14.2. The summed E-state index contributed by atoms with van der Waals surface area (Å²) in [6.45, 7) is 13.1. The molecule has 2 aromatic heterocycles. The van der Waals surface area contributed by atoms with Crippen LogP contribution >= 0.6 is 11.5 Å². The molecule has 1 saturated heterocycles. The largest absolute Gasteiger partial charge is 0.344 e. The van der Waals surface area contributed by atoms with Gasteiger partial charge in [0.05, 0.1) is 6.54 Å². The van der Waals surface area contributed by atoms with Gasteiger partial charge in [0.2, 0.25) is 11.0 Å². The van der Waals surface area contributed by atoms with Gasteiger partial charge >= 0.3 is 0 Å². The molecule has 3 rings (SSSR count). The van der Waals surface area contributed by atoms with Gasteiger partial charge < -0.3 is 9.42 Å². The Kier molecular flexibility index (Phi) is 4.63. The molecule has 0 unspecified atom stereocenters. The van der Waals surface area contributed by atoms with Crippen molar-refractivity contribution in [2.24, 2.45) is 0 Å². The monoisotopic (exact) mass is 336 g/mol. The van der Waals surface area contributed by atoms with Crippen LogP contribution in [0.25, 0.3) is 0 Å². The van der Waals surface area contributed by atoms with E-state index in [1.54, 1.807) is 0 Å². The molecule has 2 aromatic rings. The van der Waals surface area contributed by atoms with Crippen LogP contribution < -0.4 is 4.90 Å². The number of hydrogen-bond donors (Lipinski definition) is 0. The lowest BCUT2D eigenvalue weighted by molar-refractivity contribution is 0.240. The number of nitrogens with zero attached hydrogens (tertiary/aromatic N) is 6. The van der Waals surface area contributed by atoms with Crippen molar-refractivity contribution in [2.75, 3.05) is 31.1 Å². The van der Waals surface area contributed by atoms with Crippen LogP contribution in [-0.2, 0) is 18.4 Å². The third-order valence-electron chi connectivity index (χ3n) is 3.91. The summed E-state index contributed by atoms with van der Waals surface area (Å²) in [6.07, 6.45) is 0.786. The van der Waals surface area contributed by atoms with Crippen molar-refractivity contribution < 1.29 is 4.52 Å². The number of piperazine rings is 1. The maximum atomic E-state index is 5.17. The number of anilines is 1. The van der Waals surface area contributed by atoms with Gasteiger partial charge in [0.15, 0.2) is 5.82 Å². The SMILES string of the molecule is CCc1nc(CN2CCN(c3nc(C(C)(C)C)ns3)CC2)no1. The quantitative estimate of drug-likeness (QED) is 0.846. The van der Waals surface area contributed by atoms with Gasteiger partial charge in [-0.2, -0.15) is 9.36 Å². The highest BCUT2D eigenvalue weighted by Crippen LogP contribution is 2.26. The first-order valence-electron chi connectivity index (χ1n) is 8.08. The standard InChI is InChI=1S/C15H24N6OS/c1-5-12-16-11(18-22-12)10-20-6-8-21(9-7-20)14-17-13(19-23-14)15(2,3)4/h5-10H2,1-4H3. The lowest BCUT2D eigenvalue weighted by Gasteiger charge is -2.33. The van der Waals surface area contributed by atoms with E-state index < -0.39 is 0 Å². The van der Waals surface area contributed by atoms with Crippen molar-refractivity contribution in [3.05, 3.63) is 17.5 Å². The van der Waals surface area contributed by atoms with Crippen molar-refractivity contribution in [1.29, 1.82) is 0 Å². The molecule has 3 heterocycles. The molecule has 0 bridgehead atoms. The molecule has 0 N–H and O–H groups in total. The Hall–Kier alpha value is -1.54. The Morgan fingerprint density at radius 3 is 2.43 bits per heavy atom. The molecule has 7 nitrogen and oxygen atoms in total. The van der Waals surface area contributed by atoms with Crippen LogP contribution in [0.15, 0.2) is 4.52 Å². The summed E-state index contributed by atoms with van der Waals surface area (Å²) in [5.74, 6) is 2.42. The van der Waals surface area contributed by atoms with Crippen molar-refractivity contribution >= 4 is 16.7 Å². The molecule has 8 heteroatoms. The second-order valence-corrected chi connectivity index (χ2v) is 7.60. The second kappa shape index (κ2) is 6.52. The Bertz CT molecular complexity index is 638. The molecular formula is C15H24N6OS. The molecule has 23 heavy (non-hydrogen) atoms. The van der Waals surface area contributed by atoms with Gasteiger partial charge in [-0.3, -0.25) is 4.90 Å². The molecule has 0 amide bonds. The fraction of sp³-hybridized carbons (Fsp3) is 0.733. The Balaban J connectivity index is 1.55. The highest BCUT2D eigenvalue weighted by Gasteiger charge is 2.24. The summed E-state index contributed by atoms with van der Waals surface area (Å²) in [5, 5.41) is 5.06. The van der Waals surface area contributed by atoms with Crippen LogP contribution in [0.1, 0.15) is 45.2 Å². The second-order valence-electron chi connectivity index (χ2n) is 6.87. The normalized spacial score (nSPS) is 17.0. The molecule has 1 aliphatic heterocycles. The Morgan fingerprint density at radius 1 is 1.13 bits per heavy atom. The van der Waals surface area contributed by atoms with Gasteiger partial charge in [0.1, 0.15) is 5.82 Å². The average molecular weight is 336 g/mol. The first-order valence-corrected chi connectivity index (χ1v) is 8.86. The summed E-state index contributed by atoms with van der Waals surface area (Å²) in [4.78, 5) is 13.8. The number of aryl methyl sites for hydroxylation is 1. The van der Waals surface area contributed by atoms with E-state index in [0.29, 0.717) is 5.89 Å². The van der Waals surface area contributed by atoms with Crippen LogP contribution in [0, 0.1) is 0 Å². The maximum absolute atomic E-state index is 5.17. The summed E-state index contributed by atoms with van der Waals surface area (Å²) >= 11 is 1.50. The highest BCUT2D eigenvalue weighted by atomic mass is 32.1.